The van der Waals surface area contributed by atoms with E-state index in [1.165, 1.54) is 0 Å². The third-order valence-corrected chi connectivity index (χ3v) is 2.38. The molecule has 0 aromatic carbocycles. The number of hydrogen-bond donors (Lipinski definition) is 0. The molecule has 0 aliphatic rings. The minimum absolute atomic E-state index is 0.272. The first-order valence-corrected chi connectivity index (χ1v) is 5.35. The Labute approximate surface area is 96.4 Å². The highest BCUT2D eigenvalue weighted by atomic mass is 16.5. The molecular weight excluding hydrogens is 202 g/mol. The number of rotatable bonds is 3. The summed E-state index contributed by atoms with van der Waals surface area (Å²) in [7, 11) is 0. The van der Waals surface area contributed by atoms with Gasteiger partial charge in [0.1, 0.15) is 5.69 Å². The molecule has 1 rings (SSSR count). The third kappa shape index (κ3) is 2.46. The van der Waals surface area contributed by atoms with Gasteiger partial charge in [0.05, 0.1) is 13.2 Å². The summed E-state index contributed by atoms with van der Waals surface area (Å²) in [5.74, 6) is 5.52. The van der Waals surface area contributed by atoms with Crippen molar-refractivity contribution in [3.8, 4) is 11.8 Å². The smallest absolute Gasteiger partial charge is 0.355 e. The molecule has 86 valence electrons. The molecule has 0 amide bonds. The number of nitrogens with zero attached hydrogens (tertiary/aromatic N) is 1. The maximum absolute atomic E-state index is 11.8. The first kappa shape index (κ1) is 12.4. The van der Waals surface area contributed by atoms with Crippen LogP contribution in [0.5, 0.6) is 0 Å². The van der Waals surface area contributed by atoms with Gasteiger partial charge in [0, 0.05) is 5.69 Å². The second-order valence-corrected chi connectivity index (χ2v) is 3.55. The Morgan fingerprint density at radius 1 is 1.50 bits per heavy atom. The predicted molar refractivity (Wildman–Crippen MR) is 63.3 cm³/mol. The maximum Gasteiger partial charge on any atom is 0.355 e. The first-order valence-electron chi connectivity index (χ1n) is 5.35. The SMILES string of the molecule is CC#CCn1c(C)cc(C)c1C(=O)OCC. The fourth-order valence-electron chi connectivity index (χ4n) is 1.68. The van der Waals surface area contributed by atoms with Crippen molar-refractivity contribution < 1.29 is 9.53 Å². The molecule has 0 atom stereocenters. The van der Waals surface area contributed by atoms with Crippen LogP contribution in [0.1, 0.15) is 35.6 Å². The molecule has 0 saturated heterocycles. The van der Waals surface area contributed by atoms with Crippen LogP contribution in [0.15, 0.2) is 6.07 Å². The molecule has 3 heteroatoms. The molecule has 1 heterocycles. The minimum atomic E-state index is -0.272. The number of aromatic nitrogens is 1. The summed E-state index contributed by atoms with van der Waals surface area (Å²) in [4.78, 5) is 11.8. The van der Waals surface area contributed by atoms with Crippen LogP contribution < -0.4 is 0 Å². The second kappa shape index (κ2) is 5.41. The maximum atomic E-state index is 11.8. The molecule has 0 saturated carbocycles. The van der Waals surface area contributed by atoms with Gasteiger partial charge in [-0.2, -0.15) is 0 Å². The van der Waals surface area contributed by atoms with E-state index in [4.69, 9.17) is 4.74 Å². The first-order chi connectivity index (χ1) is 7.61. The zero-order valence-electron chi connectivity index (χ0n) is 10.3. The molecule has 0 aliphatic heterocycles. The van der Waals surface area contributed by atoms with Gasteiger partial charge in [-0.05, 0) is 39.3 Å². The summed E-state index contributed by atoms with van der Waals surface area (Å²) in [5.41, 5.74) is 2.58. The number of ether oxygens (including phenoxy) is 1. The van der Waals surface area contributed by atoms with Crippen molar-refractivity contribution in [1.29, 1.82) is 0 Å². The van der Waals surface area contributed by atoms with Crippen LogP contribution in [0.3, 0.4) is 0 Å². The van der Waals surface area contributed by atoms with Crippen LogP contribution in [0, 0.1) is 25.7 Å². The highest BCUT2D eigenvalue weighted by Gasteiger charge is 2.17. The Morgan fingerprint density at radius 3 is 2.75 bits per heavy atom. The third-order valence-electron chi connectivity index (χ3n) is 2.38. The summed E-state index contributed by atoms with van der Waals surface area (Å²) in [6, 6.07) is 1.98. The van der Waals surface area contributed by atoms with E-state index in [2.05, 4.69) is 11.8 Å². The summed E-state index contributed by atoms with van der Waals surface area (Å²) < 4.78 is 6.93. The Morgan fingerprint density at radius 2 is 2.19 bits per heavy atom. The van der Waals surface area contributed by atoms with Gasteiger partial charge in [0.15, 0.2) is 0 Å². The lowest BCUT2D eigenvalue weighted by atomic mass is 10.2. The summed E-state index contributed by atoms with van der Waals surface area (Å²) in [6.45, 7) is 8.39. The van der Waals surface area contributed by atoms with E-state index in [-0.39, 0.29) is 5.97 Å². The average molecular weight is 219 g/mol. The minimum Gasteiger partial charge on any atom is -0.461 e. The van der Waals surface area contributed by atoms with E-state index in [9.17, 15) is 4.79 Å². The predicted octanol–water partition coefficient (Wildman–Crippen LogP) is 2.30. The molecule has 16 heavy (non-hydrogen) atoms. The summed E-state index contributed by atoms with van der Waals surface area (Å²) in [5, 5.41) is 0. The van der Waals surface area contributed by atoms with Crippen LogP contribution in [-0.4, -0.2) is 17.1 Å². The fraction of sp³-hybridized carbons (Fsp3) is 0.462. The highest BCUT2D eigenvalue weighted by molar-refractivity contribution is 5.89. The van der Waals surface area contributed by atoms with E-state index in [0.29, 0.717) is 18.8 Å². The van der Waals surface area contributed by atoms with Gasteiger partial charge in [0.25, 0.3) is 0 Å². The number of hydrogen-bond acceptors (Lipinski definition) is 2. The molecule has 0 bridgehead atoms. The van der Waals surface area contributed by atoms with Crippen LogP contribution >= 0.6 is 0 Å². The zero-order chi connectivity index (χ0) is 12.1. The molecule has 0 aliphatic carbocycles. The van der Waals surface area contributed by atoms with Crippen molar-refractivity contribution in [2.75, 3.05) is 6.61 Å². The topological polar surface area (TPSA) is 31.2 Å². The zero-order valence-corrected chi connectivity index (χ0v) is 10.3. The van der Waals surface area contributed by atoms with Crippen molar-refractivity contribution in [2.24, 2.45) is 0 Å². The normalized spacial score (nSPS) is 9.50. The molecular formula is C13H17NO2. The molecule has 0 radical (unpaired) electrons. The number of aryl methyl sites for hydroxylation is 2. The molecule has 1 aromatic rings. The van der Waals surface area contributed by atoms with Gasteiger partial charge < -0.3 is 9.30 Å². The van der Waals surface area contributed by atoms with Gasteiger partial charge >= 0.3 is 5.97 Å². The largest absolute Gasteiger partial charge is 0.461 e. The van der Waals surface area contributed by atoms with E-state index in [1.54, 1.807) is 13.8 Å². The van der Waals surface area contributed by atoms with E-state index in [1.807, 2.05) is 24.5 Å². The standard InChI is InChI=1S/C13H17NO2/c1-5-7-8-14-11(4)9-10(3)12(14)13(15)16-6-2/h9H,6,8H2,1-4H3. The van der Waals surface area contributed by atoms with Gasteiger partial charge in [-0.1, -0.05) is 5.92 Å². The Hall–Kier alpha value is -1.69. The Kier molecular flexibility index (Phi) is 4.19. The van der Waals surface area contributed by atoms with Crippen LogP contribution in [0.25, 0.3) is 0 Å². The van der Waals surface area contributed by atoms with E-state index in [0.717, 1.165) is 11.3 Å². The highest BCUT2D eigenvalue weighted by Crippen LogP contribution is 2.15. The second-order valence-electron chi connectivity index (χ2n) is 3.55. The van der Waals surface area contributed by atoms with E-state index >= 15 is 0 Å². The quantitative estimate of drug-likeness (QED) is 0.577. The Balaban J connectivity index is 3.13. The molecule has 0 N–H and O–H groups in total. The lowest BCUT2D eigenvalue weighted by Crippen LogP contribution is -2.14. The van der Waals surface area contributed by atoms with Gasteiger partial charge in [0.2, 0.25) is 0 Å². The molecule has 0 fully saturated rings. The van der Waals surface area contributed by atoms with Crippen molar-refractivity contribution in [2.45, 2.75) is 34.2 Å². The molecule has 3 nitrogen and oxygen atoms in total. The monoisotopic (exact) mass is 219 g/mol. The van der Waals surface area contributed by atoms with E-state index < -0.39 is 0 Å². The van der Waals surface area contributed by atoms with Crippen LogP contribution in [-0.2, 0) is 11.3 Å². The number of esters is 1. The number of carbonyl (C=O) groups excluding carboxylic acids is 1. The van der Waals surface area contributed by atoms with Crippen molar-refractivity contribution in [3.05, 3.63) is 23.0 Å². The lowest BCUT2D eigenvalue weighted by molar-refractivity contribution is 0.0513. The van der Waals surface area contributed by atoms with Crippen molar-refractivity contribution in [3.63, 3.8) is 0 Å². The summed E-state index contributed by atoms with van der Waals surface area (Å²) >= 11 is 0. The average Bonchev–Trinajstić information content (AvgIpc) is 2.50. The molecule has 0 unspecified atom stereocenters. The number of carbonyl (C=O) groups is 1. The van der Waals surface area contributed by atoms with Crippen LogP contribution in [0.2, 0.25) is 0 Å². The van der Waals surface area contributed by atoms with Crippen molar-refractivity contribution in [1.82, 2.24) is 4.57 Å². The van der Waals surface area contributed by atoms with Crippen molar-refractivity contribution >= 4 is 5.97 Å². The van der Waals surface area contributed by atoms with Gasteiger partial charge in [-0.3, -0.25) is 0 Å². The lowest BCUT2D eigenvalue weighted by Gasteiger charge is -2.08. The van der Waals surface area contributed by atoms with Gasteiger partial charge in [-0.15, -0.1) is 5.92 Å². The van der Waals surface area contributed by atoms with Gasteiger partial charge in [-0.25, -0.2) is 4.79 Å². The molecule has 0 spiro atoms. The fourth-order valence-corrected chi connectivity index (χ4v) is 1.68. The molecule has 1 aromatic heterocycles. The Bertz CT molecular complexity index is 446. The van der Waals surface area contributed by atoms with Crippen LogP contribution in [0.4, 0.5) is 0 Å². The summed E-state index contributed by atoms with van der Waals surface area (Å²) in [6.07, 6.45) is 0.